The molecule has 3 heterocycles. The fourth-order valence-electron chi connectivity index (χ4n) is 3.23. The molecule has 0 saturated carbocycles. The fourth-order valence-corrected chi connectivity index (χ4v) is 3.23. The van der Waals surface area contributed by atoms with E-state index in [9.17, 15) is 9.59 Å². The van der Waals surface area contributed by atoms with Gasteiger partial charge in [-0.3, -0.25) is 4.79 Å². The molecular formula is C22H21N3O5. The van der Waals surface area contributed by atoms with Crippen LogP contribution in [0.2, 0.25) is 0 Å². The summed E-state index contributed by atoms with van der Waals surface area (Å²) in [4.78, 5) is 25.1. The second-order valence-corrected chi connectivity index (χ2v) is 7.11. The molecule has 4 rings (SSSR count). The first-order valence-electron chi connectivity index (χ1n) is 9.55. The summed E-state index contributed by atoms with van der Waals surface area (Å²) in [6.07, 6.45) is 3.14. The Morgan fingerprint density at radius 2 is 2.00 bits per heavy atom. The highest BCUT2D eigenvalue weighted by atomic mass is 16.5. The molecule has 0 aliphatic heterocycles. The van der Waals surface area contributed by atoms with Crippen molar-refractivity contribution in [1.29, 1.82) is 0 Å². The van der Waals surface area contributed by atoms with Gasteiger partial charge in [-0.05, 0) is 45.0 Å². The molecule has 8 heteroatoms. The molecule has 1 unspecified atom stereocenters. The third-order valence-corrected chi connectivity index (χ3v) is 4.57. The van der Waals surface area contributed by atoms with Crippen molar-refractivity contribution in [1.82, 2.24) is 9.78 Å². The second-order valence-electron chi connectivity index (χ2n) is 7.11. The SMILES string of the molecule is CC(C)Oc1ccc2c(C(=O)Nc3ccnn3C(C)c3ccco3)cc(=O)oc2c1. The van der Waals surface area contributed by atoms with Crippen molar-refractivity contribution in [2.24, 2.45) is 0 Å². The van der Waals surface area contributed by atoms with Crippen LogP contribution in [-0.2, 0) is 0 Å². The maximum absolute atomic E-state index is 13.0. The summed E-state index contributed by atoms with van der Waals surface area (Å²) >= 11 is 0. The van der Waals surface area contributed by atoms with Gasteiger partial charge in [0.2, 0.25) is 0 Å². The summed E-state index contributed by atoms with van der Waals surface area (Å²) in [5.74, 6) is 1.30. The van der Waals surface area contributed by atoms with E-state index in [4.69, 9.17) is 13.6 Å². The number of carbonyl (C=O) groups excluding carboxylic acids is 1. The van der Waals surface area contributed by atoms with E-state index in [1.54, 1.807) is 47.5 Å². The normalized spacial score (nSPS) is 12.3. The number of nitrogens with zero attached hydrogens (tertiary/aromatic N) is 2. The zero-order valence-electron chi connectivity index (χ0n) is 16.8. The lowest BCUT2D eigenvalue weighted by Gasteiger charge is -2.15. The largest absolute Gasteiger partial charge is 0.491 e. The molecule has 1 aromatic carbocycles. The van der Waals surface area contributed by atoms with Crippen LogP contribution in [0.4, 0.5) is 5.82 Å². The standard InChI is InChI=1S/C22H21N3O5/c1-13(2)29-15-6-7-16-17(12-21(26)30-19(16)11-15)22(27)24-20-8-9-23-25(20)14(3)18-5-4-10-28-18/h4-14H,1-3H3,(H,24,27). The van der Waals surface area contributed by atoms with Gasteiger partial charge in [-0.15, -0.1) is 0 Å². The van der Waals surface area contributed by atoms with Crippen molar-refractivity contribution in [2.75, 3.05) is 5.32 Å². The van der Waals surface area contributed by atoms with Gasteiger partial charge in [0.1, 0.15) is 29.0 Å². The minimum absolute atomic E-state index is 0.0305. The third kappa shape index (κ3) is 3.84. The maximum atomic E-state index is 13.0. The van der Waals surface area contributed by atoms with Gasteiger partial charge in [-0.2, -0.15) is 5.10 Å². The van der Waals surface area contributed by atoms with E-state index in [1.807, 2.05) is 26.8 Å². The van der Waals surface area contributed by atoms with E-state index in [0.717, 1.165) is 0 Å². The molecule has 1 N–H and O–H groups in total. The summed E-state index contributed by atoms with van der Waals surface area (Å²) in [5.41, 5.74) is -0.134. The topological polar surface area (TPSA) is 99.5 Å². The van der Waals surface area contributed by atoms with Gasteiger partial charge >= 0.3 is 5.63 Å². The van der Waals surface area contributed by atoms with E-state index in [-0.39, 0.29) is 23.3 Å². The Balaban J connectivity index is 1.66. The summed E-state index contributed by atoms with van der Waals surface area (Å²) in [5, 5.41) is 7.61. The van der Waals surface area contributed by atoms with Crippen molar-refractivity contribution in [3.63, 3.8) is 0 Å². The first-order chi connectivity index (χ1) is 14.4. The highest BCUT2D eigenvalue weighted by Gasteiger charge is 2.19. The maximum Gasteiger partial charge on any atom is 0.337 e. The highest BCUT2D eigenvalue weighted by Crippen LogP contribution is 2.25. The molecule has 154 valence electrons. The van der Waals surface area contributed by atoms with Crippen LogP contribution in [-0.4, -0.2) is 21.8 Å². The number of aromatic nitrogens is 2. The minimum atomic E-state index is -0.619. The molecule has 8 nitrogen and oxygen atoms in total. The molecule has 4 aromatic rings. The molecule has 0 radical (unpaired) electrons. The molecule has 3 aromatic heterocycles. The average molecular weight is 407 g/mol. The molecule has 0 saturated heterocycles. The Morgan fingerprint density at radius 3 is 2.73 bits per heavy atom. The van der Waals surface area contributed by atoms with E-state index in [1.165, 1.54) is 6.07 Å². The number of anilines is 1. The smallest absolute Gasteiger partial charge is 0.337 e. The predicted molar refractivity (Wildman–Crippen MR) is 111 cm³/mol. The van der Waals surface area contributed by atoms with Gasteiger partial charge in [-0.25, -0.2) is 9.48 Å². The number of benzene rings is 1. The van der Waals surface area contributed by atoms with Crippen molar-refractivity contribution >= 4 is 22.7 Å². The van der Waals surface area contributed by atoms with E-state index in [2.05, 4.69) is 10.4 Å². The number of furan rings is 1. The number of nitrogens with one attached hydrogen (secondary N) is 1. The number of fused-ring (bicyclic) bond motifs is 1. The number of hydrogen-bond donors (Lipinski definition) is 1. The monoisotopic (exact) mass is 407 g/mol. The Hall–Kier alpha value is -3.81. The molecule has 0 fully saturated rings. The fraction of sp³-hybridized carbons (Fsp3) is 0.227. The van der Waals surface area contributed by atoms with Gasteiger partial charge in [-0.1, -0.05) is 0 Å². The van der Waals surface area contributed by atoms with Gasteiger partial charge in [0.15, 0.2) is 0 Å². The van der Waals surface area contributed by atoms with Gasteiger partial charge in [0.25, 0.3) is 5.91 Å². The Kier molecular flexibility index (Phi) is 5.14. The van der Waals surface area contributed by atoms with Gasteiger partial charge in [0.05, 0.1) is 24.1 Å². The van der Waals surface area contributed by atoms with Crippen LogP contribution >= 0.6 is 0 Å². The number of carbonyl (C=O) groups is 1. The highest BCUT2D eigenvalue weighted by molar-refractivity contribution is 6.11. The van der Waals surface area contributed by atoms with Crippen molar-refractivity contribution in [3.05, 3.63) is 76.7 Å². The van der Waals surface area contributed by atoms with Crippen LogP contribution in [0.25, 0.3) is 11.0 Å². The summed E-state index contributed by atoms with van der Waals surface area (Å²) in [7, 11) is 0. The Labute approximate surface area is 172 Å². The Morgan fingerprint density at radius 1 is 1.17 bits per heavy atom. The predicted octanol–water partition coefficient (Wildman–Crippen LogP) is 4.23. The van der Waals surface area contributed by atoms with E-state index < -0.39 is 11.5 Å². The third-order valence-electron chi connectivity index (χ3n) is 4.57. The molecule has 0 spiro atoms. The van der Waals surface area contributed by atoms with Crippen LogP contribution < -0.4 is 15.7 Å². The van der Waals surface area contributed by atoms with Crippen LogP contribution in [0, 0.1) is 0 Å². The number of amides is 1. The lowest BCUT2D eigenvalue weighted by molar-refractivity contribution is 0.102. The molecule has 0 aliphatic carbocycles. The van der Waals surface area contributed by atoms with Gasteiger partial charge < -0.3 is 18.9 Å². The van der Waals surface area contributed by atoms with Crippen LogP contribution in [0.5, 0.6) is 5.75 Å². The molecule has 0 aliphatic rings. The second kappa shape index (κ2) is 7.90. The zero-order valence-corrected chi connectivity index (χ0v) is 16.8. The average Bonchev–Trinajstić information content (AvgIpc) is 3.38. The van der Waals surface area contributed by atoms with Crippen molar-refractivity contribution in [3.8, 4) is 5.75 Å². The van der Waals surface area contributed by atoms with Crippen molar-refractivity contribution < 1.29 is 18.4 Å². The summed E-state index contributed by atoms with van der Waals surface area (Å²) in [6.45, 7) is 5.71. The Bertz CT molecular complexity index is 1240. The van der Waals surface area contributed by atoms with Crippen LogP contribution in [0.1, 0.15) is 42.9 Å². The van der Waals surface area contributed by atoms with Gasteiger partial charge in [0, 0.05) is 23.6 Å². The van der Waals surface area contributed by atoms with E-state index in [0.29, 0.717) is 22.7 Å². The quantitative estimate of drug-likeness (QED) is 0.480. The summed E-state index contributed by atoms with van der Waals surface area (Å²) in [6, 6.07) is 11.3. The van der Waals surface area contributed by atoms with E-state index >= 15 is 0 Å². The first-order valence-corrected chi connectivity index (χ1v) is 9.55. The first kappa shape index (κ1) is 19.5. The number of hydrogen-bond acceptors (Lipinski definition) is 6. The molecular weight excluding hydrogens is 386 g/mol. The lowest BCUT2D eigenvalue weighted by atomic mass is 10.1. The molecule has 0 bridgehead atoms. The molecule has 30 heavy (non-hydrogen) atoms. The minimum Gasteiger partial charge on any atom is -0.491 e. The summed E-state index contributed by atoms with van der Waals surface area (Å²) < 4.78 is 18.0. The van der Waals surface area contributed by atoms with Crippen LogP contribution in [0.15, 0.2) is 68.6 Å². The molecule has 1 atom stereocenters. The lowest BCUT2D eigenvalue weighted by Crippen LogP contribution is -2.19. The number of rotatable bonds is 6. The van der Waals surface area contributed by atoms with Crippen molar-refractivity contribution in [2.45, 2.75) is 32.9 Å². The van der Waals surface area contributed by atoms with Crippen LogP contribution in [0.3, 0.4) is 0 Å². The molecule has 1 amide bonds. The number of ether oxygens (including phenoxy) is 1. The zero-order chi connectivity index (χ0) is 21.3.